The zero-order valence-corrected chi connectivity index (χ0v) is 19.1. The van der Waals surface area contributed by atoms with Crippen LogP contribution in [-0.2, 0) is 11.3 Å². The van der Waals surface area contributed by atoms with Crippen molar-refractivity contribution >= 4 is 17.7 Å². The molecule has 0 radical (unpaired) electrons. The highest BCUT2D eigenvalue weighted by Crippen LogP contribution is 2.37. The Labute approximate surface area is 191 Å². The number of hydrogen-bond acceptors (Lipinski definition) is 6. The minimum atomic E-state index is -4.43. The second-order valence-electron chi connectivity index (χ2n) is 8.19. The van der Waals surface area contributed by atoms with Crippen molar-refractivity contribution in [1.29, 1.82) is 0 Å². The Morgan fingerprint density at radius 1 is 1.15 bits per heavy atom. The lowest BCUT2D eigenvalue weighted by Crippen LogP contribution is -2.27. The molecule has 2 heterocycles. The van der Waals surface area contributed by atoms with E-state index in [1.54, 1.807) is 26.8 Å². The van der Waals surface area contributed by atoms with E-state index in [1.165, 1.54) is 48.1 Å². The Hall–Kier alpha value is -3.21. The summed E-state index contributed by atoms with van der Waals surface area (Å²) in [6, 6.07) is 6.64. The van der Waals surface area contributed by atoms with Gasteiger partial charge in [-0.1, -0.05) is 0 Å². The number of halogens is 3. The van der Waals surface area contributed by atoms with E-state index in [-0.39, 0.29) is 46.0 Å². The number of nitrogens with zero attached hydrogens (tertiary/aromatic N) is 3. The van der Waals surface area contributed by atoms with Gasteiger partial charge < -0.3 is 9.84 Å². The number of ether oxygens (including phenoxy) is 1. The van der Waals surface area contributed by atoms with Crippen LogP contribution in [0.4, 0.5) is 13.2 Å². The van der Waals surface area contributed by atoms with E-state index < -0.39 is 22.8 Å². The maximum Gasteiger partial charge on any atom is 0.446 e. The largest absolute Gasteiger partial charge is 0.493 e. The zero-order chi connectivity index (χ0) is 24.6. The molecule has 11 heteroatoms. The van der Waals surface area contributed by atoms with Crippen molar-refractivity contribution < 1.29 is 27.8 Å². The number of carbonyl (C=O) groups excluding carboxylic acids is 1. The van der Waals surface area contributed by atoms with E-state index in [0.717, 1.165) is 4.57 Å². The van der Waals surface area contributed by atoms with E-state index in [9.17, 15) is 27.9 Å². The molecule has 0 aliphatic heterocycles. The molecule has 176 valence electrons. The van der Waals surface area contributed by atoms with E-state index in [2.05, 4.69) is 4.98 Å². The first-order chi connectivity index (χ1) is 15.3. The van der Waals surface area contributed by atoms with Crippen LogP contribution < -0.4 is 5.69 Å². The molecule has 2 aromatic heterocycles. The van der Waals surface area contributed by atoms with E-state index in [4.69, 9.17) is 4.74 Å². The Morgan fingerprint density at radius 2 is 1.79 bits per heavy atom. The molecule has 7 nitrogen and oxygen atoms in total. The highest BCUT2D eigenvalue weighted by atomic mass is 32.2. The van der Waals surface area contributed by atoms with Gasteiger partial charge in [-0.15, -0.1) is 0 Å². The Kier molecular flexibility index (Phi) is 6.64. The van der Waals surface area contributed by atoms with Crippen LogP contribution in [0.3, 0.4) is 0 Å². The van der Waals surface area contributed by atoms with Gasteiger partial charge in [-0.2, -0.15) is 13.2 Å². The third-order valence-electron chi connectivity index (χ3n) is 4.55. The van der Waals surface area contributed by atoms with Gasteiger partial charge in [0.2, 0.25) is 5.88 Å². The first-order valence-electron chi connectivity index (χ1n) is 9.80. The number of esters is 1. The van der Waals surface area contributed by atoms with E-state index in [1.807, 2.05) is 0 Å². The van der Waals surface area contributed by atoms with Crippen LogP contribution >= 0.6 is 11.8 Å². The number of rotatable bonds is 5. The van der Waals surface area contributed by atoms with Crippen molar-refractivity contribution in [2.24, 2.45) is 0 Å². The summed E-state index contributed by atoms with van der Waals surface area (Å²) in [5, 5.41) is 10.6. The van der Waals surface area contributed by atoms with Gasteiger partial charge in [0.05, 0.1) is 23.5 Å². The lowest BCUT2D eigenvalue weighted by molar-refractivity contribution is -0.0328. The standard InChI is InChI=1S/C22H22F3N3O4S/c1-13-18(29)28(15-5-7-16(8-6-15)33-22(23,24)25)20(31)27(13)12-14-9-10-26-11-17(14)19(30)32-21(2,3)4/h5-11,29H,12H2,1-4H3. The smallest absolute Gasteiger partial charge is 0.446 e. The summed E-state index contributed by atoms with van der Waals surface area (Å²) in [6.45, 7) is 6.66. The van der Waals surface area contributed by atoms with Gasteiger partial charge in [0.25, 0.3) is 0 Å². The summed E-state index contributed by atoms with van der Waals surface area (Å²) in [5.74, 6) is -0.957. The molecule has 0 saturated carbocycles. The van der Waals surface area contributed by atoms with Crippen molar-refractivity contribution in [3.8, 4) is 11.6 Å². The predicted molar refractivity (Wildman–Crippen MR) is 117 cm³/mol. The molecule has 0 aliphatic rings. The number of thioether (sulfide) groups is 1. The Bertz CT molecular complexity index is 1230. The summed E-state index contributed by atoms with van der Waals surface area (Å²) >= 11 is -0.274. The first-order valence-corrected chi connectivity index (χ1v) is 10.6. The number of alkyl halides is 3. The van der Waals surface area contributed by atoms with Crippen molar-refractivity contribution in [3.63, 3.8) is 0 Å². The van der Waals surface area contributed by atoms with Crippen LogP contribution in [-0.4, -0.2) is 36.3 Å². The zero-order valence-electron chi connectivity index (χ0n) is 18.3. The van der Waals surface area contributed by atoms with Gasteiger partial charge >= 0.3 is 17.2 Å². The number of imidazole rings is 1. The molecule has 1 aromatic carbocycles. The molecule has 3 rings (SSSR count). The quantitative estimate of drug-likeness (QED) is 0.421. The van der Waals surface area contributed by atoms with Crippen LogP contribution in [0.5, 0.6) is 5.88 Å². The molecule has 1 N–H and O–H groups in total. The molecule has 3 aromatic rings. The molecular weight excluding hydrogens is 459 g/mol. The van der Waals surface area contributed by atoms with Gasteiger partial charge in [0.15, 0.2) is 0 Å². The van der Waals surface area contributed by atoms with Crippen molar-refractivity contribution in [3.05, 3.63) is 70.0 Å². The third-order valence-corrected chi connectivity index (χ3v) is 5.29. The second-order valence-corrected chi connectivity index (χ2v) is 9.33. The summed E-state index contributed by atoms with van der Waals surface area (Å²) in [4.78, 5) is 29.6. The van der Waals surface area contributed by atoms with Crippen molar-refractivity contribution in [2.75, 3.05) is 0 Å². The second kappa shape index (κ2) is 8.97. The fourth-order valence-electron chi connectivity index (χ4n) is 3.10. The number of benzene rings is 1. The van der Waals surface area contributed by atoms with Crippen LogP contribution in [0.25, 0.3) is 5.69 Å². The highest BCUT2D eigenvalue weighted by molar-refractivity contribution is 8.00. The number of hydrogen-bond donors (Lipinski definition) is 1. The summed E-state index contributed by atoms with van der Waals surface area (Å²) in [6.07, 6.45) is 2.81. The fraction of sp³-hybridized carbons (Fsp3) is 0.318. The normalized spacial score (nSPS) is 12.1. The van der Waals surface area contributed by atoms with Gasteiger partial charge in [-0.25, -0.2) is 14.2 Å². The maximum atomic E-state index is 13.1. The Morgan fingerprint density at radius 3 is 2.36 bits per heavy atom. The predicted octanol–water partition coefficient (Wildman–Crippen LogP) is 4.66. The van der Waals surface area contributed by atoms with Gasteiger partial charge in [0, 0.05) is 17.3 Å². The Balaban J connectivity index is 1.97. The third kappa shape index (κ3) is 5.78. The molecule has 33 heavy (non-hydrogen) atoms. The highest BCUT2D eigenvalue weighted by Gasteiger charge is 2.29. The molecule has 0 atom stereocenters. The average Bonchev–Trinajstić information content (AvgIpc) is 2.90. The van der Waals surface area contributed by atoms with Gasteiger partial charge in [0.1, 0.15) is 5.60 Å². The number of aromatic hydroxyl groups is 1. The maximum absolute atomic E-state index is 13.1. The van der Waals surface area contributed by atoms with Crippen molar-refractivity contribution in [2.45, 2.75) is 50.2 Å². The van der Waals surface area contributed by atoms with Gasteiger partial charge in [-0.3, -0.25) is 9.55 Å². The average molecular weight is 481 g/mol. The molecule has 0 aliphatic carbocycles. The summed E-state index contributed by atoms with van der Waals surface area (Å²) in [7, 11) is 0. The van der Waals surface area contributed by atoms with Crippen LogP contribution in [0, 0.1) is 6.92 Å². The number of aromatic nitrogens is 3. The minimum absolute atomic E-state index is 0.0475. The summed E-state index contributed by atoms with van der Waals surface area (Å²) < 4.78 is 45.3. The minimum Gasteiger partial charge on any atom is -0.493 e. The molecule has 0 bridgehead atoms. The van der Waals surface area contributed by atoms with Crippen LogP contribution in [0.15, 0.2) is 52.4 Å². The fourth-order valence-corrected chi connectivity index (χ4v) is 3.64. The topological polar surface area (TPSA) is 86.4 Å². The lowest BCUT2D eigenvalue weighted by atomic mass is 10.1. The van der Waals surface area contributed by atoms with Crippen LogP contribution in [0.1, 0.15) is 42.4 Å². The molecule has 0 spiro atoms. The monoisotopic (exact) mass is 481 g/mol. The number of pyridine rings is 1. The SMILES string of the molecule is Cc1c(O)n(-c2ccc(SC(F)(F)F)cc2)c(=O)n1Cc1ccncc1C(=O)OC(C)(C)C. The molecule has 0 unspecified atom stereocenters. The summed E-state index contributed by atoms with van der Waals surface area (Å²) in [5.41, 5.74) is -4.72. The first kappa shape index (κ1) is 24.4. The molecule has 0 amide bonds. The molecule has 0 saturated heterocycles. The van der Waals surface area contributed by atoms with E-state index in [0.29, 0.717) is 5.56 Å². The molecular formula is C22H22F3N3O4S. The van der Waals surface area contributed by atoms with Crippen molar-refractivity contribution in [1.82, 2.24) is 14.1 Å². The van der Waals surface area contributed by atoms with Gasteiger partial charge in [-0.05, 0) is 75.4 Å². The van der Waals surface area contributed by atoms with E-state index >= 15 is 0 Å². The molecule has 0 fully saturated rings. The van der Waals surface area contributed by atoms with Crippen LogP contribution in [0.2, 0.25) is 0 Å². The number of carbonyl (C=O) groups is 1. The lowest BCUT2D eigenvalue weighted by Gasteiger charge is -2.20.